The van der Waals surface area contributed by atoms with Crippen LogP contribution >= 0.6 is 0 Å². The van der Waals surface area contributed by atoms with Gasteiger partial charge in [0.2, 0.25) is 15.9 Å². The normalized spacial score (nSPS) is 20.8. The lowest BCUT2D eigenvalue weighted by Crippen LogP contribution is -2.44. The molecule has 0 aromatic heterocycles. The highest BCUT2D eigenvalue weighted by Crippen LogP contribution is 2.16. The Kier molecular flexibility index (Phi) is 6.45. The number of carbonyl (C=O) groups is 1. The molecule has 0 radical (unpaired) electrons. The number of piperidine rings is 1. The first-order valence-electron chi connectivity index (χ1n) is 8.05. The maximum absolute atomic E-state index is 12.1. The number of carbonyl (C=O) groups excluding carboxylic acids is 1. The van der Waals surface area contributed by atoms with Crippen LogP contribution in [0.2, 0.25) is 0 Å². The lowest BCUT2D eigenvalue weighted by Gasteiger charge is -2.27. The summed E-state index contributed by atoms with van der Waals surface area (Å²) in [5, 5.41) is 16.6. The second-order valence-electron chi connectivity index (χ2n) is 6.02. The molecule has 0 unspecified atom stereocenters. The quantitative estimate of drug-likeness (QED) is 0.361. The summed E-state index contributed by atoms with van der Waals surface area (Å²) in [5.74, 6) is -0.120. The van der Waals surface area contributed by atoms with Crippen molar-refractivity contribution in [3.05, 3.63) is 34.4 Å². The van der Waals surface area contributed by atoms with E-state index < -0.39 is 14.9 Å². The van der Waals surface area contributed by atoms with Crippen molar-refractivity contribution >= 4 is 21.6 Å². The fourth-order valence-corrected chi connectivity index (χ4v) is 3.75. The Morgan fingerprint density at radius 2 is 2.00 bits per heavy atom. The molecule has 138 valence electrons. The summed E-state index contributed by atoms with van der Waals surface area (Å²) in [7, 11) is -3.77. The number of amides is 1. The van der Waals surface area contributed by atoms with Crippen LogP contribution in [-0.2, 0) is 14.8 Å². The van der Waals surface area contributed by atoms with E-state index >= 15 is 0 Å². The van der Waals surface area contributed by atoms with E-state index in [2.05, 4.69) is 15.4 Å². The van der Waals surface area contributed by atoms with Gasteiger partial charge in [-0.1, -0.05) is 0 Å². The van der Waals surface area contributed by atoms with Crippen molar-refractivity contribution in [2.45, 2.75) is 30.7 Å². The van der Waals surface area contributed by atoms with E-state index in [1.165, 1.54) is 12.1 Å². The minimum absolute atomic E-state index is 0.0472. The molecule has 0 spiro atoms. The number of benzene rings is 1. The molecule has 1 aliphatic rings. The van der Waals surface area contributed by atoms with Crippen molar-refractivity contribution < 1.29 is 18.1 Å². The monoisotopic (exact) mass is 370 g/mol. The molecule has 10 heteroatoms. The van der Waals surface area contributed by atoms with E-state index in [1.54, 1.807) is 0 Å². The van der Waals surface area contributed by atoms with Gasteiger partial charge in [0.15, 0.2) is 0 Å². The summed E-state index contributed by atoms with van der Waals surface area (Å²) >= 11 is 0. The predicted molar refractivity (Wildman–Crippen MR) is 91.5 cm³/mol. The van der Waals surface area contributed by atoms with Crippen molar-refractivity contribution in [2.75, 3.05) is 19.6 Å². The number of sulfonamides is 1. The van der Waals surface area contributed by atoms with Crippen LogP contribution in [0.25, 0.3) is 0 Å². The minimum atomic E-state index is -3.77. The van der Waals surface area contributed by atoms with Crippen LogP contribution in [0.15, 0.2) is 29.2 Å². The van der Waals surface area contributed by atoms with Gasteiger partial charge in [-0.3, -0.25) is 14.9 Å². The molecule has 0 aliphatic carbocycles. The third-order valence-electron chi connectivity index (χ3n) is 4.07. The summed E-state index contributed by atoms with van der Waals surface area (Å²) in [5.41, 5.74) is -0.178. The lowest BCUT2D eigenvalue weighted by atomic mass is 9.92. The first-order valence-corrected chi connectivity index (χ1v) is 9.53. The lowest BCUT2D eigenvalue weighted by molar-refractivity contribution is -0.384. The molecule has 3 N–H and O–H groups in total. The van der Waals surface area contributed by atoms with E-state index in [4.69, 9.17) is 0 Å². The summed E-state index contributed by atoms with van der Waals surface area (Å²) in [4.78, 5) is 22.0. The van der Waals surface area contributed by atoms with Crippen LogP contribution in [0.4, 0.5) is 5.69 Å². The van der Waals surface area contributed by atoms with Gasteiger partial charge >= 0.3 is 0 Å². The number of nitrogens with zero attached hydrogens (tertiary/aromatic N) is 1. The molecular weight excluding hydrogens is 348 g/mol. The van der Waals surface area contributed by atoms with Gasteiger partial charge in [0.1, 0.15) is 0 Å². The van der Waals surface area contributed by atoms with Crippen LogP contribution in [0.5, 0.6) is 0 Å². The molecule has 1 aromatic carbocycles. The van der Waals surface area contributed by atoms with Gasteiger partial charge in [-0.2, -0.15) is 0 Å². The summed E-state index contributed by atoms with van der Waals surface area (Å²) in [6.45, 7) is 3.05. The first-order chi connectivity index (χ1) is 11.8. The molecule has 1 aromatic rings. The molecule has 0 saturated carbocycles. The number of non-ortho nitro benzene ring substituents is 1. The molecular formula is C15H22N4O5S. The Morgan fingerprint density at radius 3 is 2.60 bits per heavy atom. The molecule has 1 amide bonds. The third kappa shape index (κ3) is 5.48. The van der Waals surface area contributed by atoms with Gasteiger partial charge in [0, 0.05) is 37.2 Å². The van der Waals surface area contributed by atoms with Gasteiger partial charge in [-0.05, 0) is 38.4 Å². The predicted octanol–water partition coefficient (Wildman–Crippen LogP) is 0.377. The van der Waals surface area contributed by atoms with Crippen LogP contribution in [0, 0.1) is 16.0 Å². The highest BCUT2D eigenvalue weighted by molar-refractivity contribution is 7.89. The third-order valence-corrected chi connectivity index (χ3v) is 5.55. The smallest absolute Gasteiger partial charge is 0.269 e. The van der Waals surface area contributed by atoms with Crippen molar-refractivity contribution in [1.82, 2.24) is 15.4 Å². The summed E-state index contributed by atoms with van der Waals surface area (Å²) in [6.07, 6.45) is 1.53. The second-order valence-corrected chi connectivity index (χ2v) is 7.78. The number of nitro groups is 1. The summed E-state index contributed by atoms with van der Waals surface area (Å²) in [6, 6.07) is 4.92. The Bertz CT molecular complexity index is 720. The van der Waals surface area contributed by atoms with Gasteiger partial charge in [0.05, 0.1) is 9.82 Å². The Hall–Kier alpha value is -2.04. The number of nitrogens with one attached hydrogen (secondary N) is 3. The molecule has 1 aliphatic heterocycles. The molecule has 1 heterocycles. The van der Waals surface area contributed by atoms with Gasteiger partial charge < -0.3 is 10.6 Å². The molecule has 2 atom stereocenters. The fraction of sp³-hybridized carbons (Fsp3) is 0.533. The minimum Gasteiger partial charge on any atom is -0.355 e. The molecule has 25 heavy (non-hydrogen) atoms. The highest BCUT2D eigenvalue weighted by atomic mass is 32.2. The Morgan fingerprint density at radius 1 is 1.32 bits per heavy atom. The van der Waals surface area contributed by atoms with Crippen LogP contribution in [-0.4, -0.2) is 44.9 Å². The zero-order chi connectivity index (χ0) is 18.4. The van der Waals surface area contributed by atoms with E-state index in [0.29, 0.717) is 6.04 Å². The molecule has 1 saturated heterocycles. The Labute approximate surface area is 146 Å². The SMILES string of the molecule is C[C@H]1C[C@@H](C(=O)NCCNS(=O)(=O)c2ccc([N+](=O)[O-])cc2)CCN1. The van der Waals surface area contributed by atoms with Crippen LogP contribution in [0.1, 0.15) is 19.8 Å². The van der Waals surface area contributed by atoms with E-state index in [-0.39, 0.29) is 35.5 Å². The number of hydrogen-bond donors (Lipinski definition) is 3. The maximum atomic E-state index is 12.1. The van der Waals surface area contributed by atoms with Crippen molar-refractivity contribution in [3.8, 4) is 0 Å². The average molecular weight is 370 g/mol. The van der Waals surface area contributed by atoms with E-state index in [9.17, 15) is 23.3 Å². The van der Waals surface area contributed by atoms with Gasteiger partial charge in [-0.15, -0.1) is 0 Å². The van der Waals surface area contributed by atoms with Gasteiger partial charge in [-0.25, -0.2) is 13.1 Å². The average Bonchev–Trinajstić information content (AvgIpc) is 2.58. The zero-order valence-corrected chi connectivity index (χ0v) is 14.7. The maximum Gasteiger partial charge on any atom is 0.269 e. The zero-order valence-electron chi connectivity index (χ0n) is 13.9. The molecule has 9 nitrogen and oxygen atoms in total. The molecule has 1 fully saturated rings. The van der Waals surface area contributed by atoms with Crippen molar-refractivity contribution in [2.24, 2.45) is 5.92 Å². The van der Waals surface area contributed by atoms with Crippen molar-refractivity contribution in [3.63, 3.8) is 0 Å². The highest BCUT2D eigenvalue weighted by Gasteiger charge is 2.24. The molecule has 0 bridgehead atoms. The van der Waals surface area contributed by atoms with Crippen LogP contribution < -0.4 is 15.4 Å². The second kappa shape index (κ2) is 8.37. The van der Waals surface area contributed by atoms with E-state index in [1.807, 2.05) is 6.92 Å². The standard InChI is InChI=1S/C15H22N4O5S/c1-11-10-12(6-7-16-11)15(20)17-8-9-18-25(23,24)14-4-2-13(3-5-14)19(21)22/h2-5,11-12,16,18H,6-10H2,1H3,(H,17,20)/t11-,12-/m0/s1. The first kappa shape index (κ1) is 19.3. The molecule has 2 rings (SSSR count). The van der Waals surface area contributed by atoms with E-state index in [0.717, 1.165) is 31.5 Å². The van der Waals surface area contributed by atoms with Crippen LogP contribution in [0.3, 0.4) is 0 Å². The summed E-state index contributed by atoms with van der Waals surface area (Å²) < 4.78 is 26.6. The Balaban J connectivity index is 1.80. The topological polar surface area (TPSA) is 130 Å². The number of nitro benzene ring substituents is 1. The number of hydrogen-bond acceptors (Lipinski definition) is 6. The van der Waals surface area contributed by atoms with Gasteiger partial charge in [0.25, 0.3) is 5.69 Å². The number of rotatable bonds is 7. The van der Waals surface area contributed by atoms with Crippen molar-refractivity contribution in [1.29, 1.82) is 0 Å². The largest absolute Gasteiger partial charge is 0.355 e. The fourth-order valence-electron chi connectivity index (χ4n) is 2.72.